The molecular formula is C19H20N4O4S. The molecule has 146 valence electrons. The third-order valence-electron chi connectivity index (χ3n) is 4.10. The van der Waals surface area contributed by atoms with Crippen molar-refractivity contribution in [3.63, 3.8) is 0 Å². The number of anilines is 1. The second-order valence-electron chi connectivity index (χ2n) is 6.08. The van der Waals surface area contributed by atoms with Crippen molar-refractivity contribution < 1.29 is 14.3 Å². The van der Waals surface area contributed by atoms with Crippen LogP contribution < -0.4 is 16.2 Å². The molecule has 3 aromatic rings. The molecular weight excluding hydrogens is 380 g/mol. The predicted molar refractivity (Wildman–Crippen MR) is 108 cm³/mol. The number of nitrogens with zero attached hydrogens (tertiary/aromatic N) is 2. The lowest BCUT2D eigenvalue weighted by Gasteiger charge is -2.07. The molecule has 2 heterocycles. The van der Waals surface area contributed by atoms with Gasteiger partial charge in [0.25, 0.3) is 11.5 Å². The number of benzene rings is 1. The molecule has 3 rings (SSSR count). The van der Waals surface area contributed by atoms with Crippen molar-refractivity contribution in [2.45, 2.75) is 13.5 Å². The van der Waals surface area contributed by atoms with Gasteiger partial charge < -0.3 is 15.4 Å². The molecule has 0 spiro atoms. The standard InChI is InChI=1S/C19H20N4O4S/c1-12-15-18(28-16(12)17(25)22-13-6-4-3-5-7-13)21-11-23(19(15)26)10-14(24)20-8-9-27-2/h3-7,11H,8-10H2,1-2H3,(H,20,24)(H,22,25). The van der Waals surface area contributed by atoms with E-state index in [2.05, 4.69) is 15.6 Å². The molecule has 8 nitrogen and oxygen atoms in total. The summed E-state index contributed by atoms with van der Waals surface area (Å²) >= 11 is 1.16. The average Bonchev–Trinajstić information content (AvgIpc) is 3.02. The summed E-state index contributed by atoms with van der Waals surface area (Å²) in [6.45, 7) is 2.32. The number of para-hydroxylation sites is 1. The van der Waals surface area contributed by atoms with Crippen molar-refractivity contribution in [2.75, 3.05) is 25.6 Å². The van der Waals surface area contributed by atoms with Gasteiger partial charge in [-0.2, -0.15) is 0 Å². The number of hydrogen-bond donors (Lipinski definition) is 2. The molecule has 0 fully saturated rings. The van der Waals surface area contributed by atoms with Gasteiger partial charge in [-0.25, -0.2) is 4.98 Å². The van der Waals surface area contributed by atoms with Crippen molar-refractivity contribution in [2.24, 2.45) is 0 Å². The molecule has 0 saturated heterocycles. The first kappa shape index (κ1) is 19.7. The van der Waals surface area contributed by atoms with Crippen molar-refractivity contribution in [1.29, 1.82) is 0 Å². The Bertz CT molecular complexity index is 1060. The number of methoxy groups -OCH3 is 1. The van der Waals surface area contributed by atoms with Gasteiger partial charge in [-0.05, 0) is 24.6 Å². The highest BCUT2D eigenvalue weighted by Crippen LogP contribution is 2.27. The van der Waals surface area contributed by atoms with Crippen LogP contribution in [-0.4, -0.2) is 41.6 Å². The molecule has 0 saturated carbocycles. The Labute approximate surface area is 165 Å². The maximum Gasteiger partial charge on any atom is 0.266 e. The molecule has 1 aromatic carbocycles. The first-order valence-electron chi connectivity index (χ1n) is 8.62. The van der Waals surface area contributed by atoms with Crippen LogP contribution in [0.25, 0.3) is 10.2 Å². The van der Waals surface area contributed by atoms with E-state index >= 15 is 0 Å². The second kappa shape index (κ2) is 8.77. The van der Waals surface area contributed by atoms with Crippen LogP contribution in [0.15, 0.2) is 41.5 Å². The number of fused-ring (bicyclic) bond motifs is 1. The smallest absolute Gasteiger partial charge is 0.266 e. The zero-order valence-corrected chi connectivity index (χ0v) is 16.3. The van der Waals surface area contributed by atoms with E-state index in [0.717, 1.165) is 11.3 Å². The predicted octanol–water partition coefficient (Wildman–Crippen LogP) is 1.78. The van der Waals surface area contributed by atoms with Crippen LogP contribution in [0.1, 0.15) is 15.2 Å². The summed E-state index contributed by atoms with van der Waals surface area (Å²) in [5.74, 6) is -0.606. The number of carbonyl (C=O) groups excluding carboxylic acids is 2. The van der Waals surface area contributed by atoms with Crippen LogP contribution in [0.4, 0.5) is 5.69 Å². The molecule has 28 heavy (non-hydrogen) atoms. The van der Waals surface area contributed by atoms with E-state index in [0.29, 0.717) is 39.5 Å². The van der Waals surface area contributed by atoms with Gasteiger partial charge in [0.05, 0.1) is 23.2 Å². The van der Waals surface area contributed by atoms with E-state index in [1.807, 2.05) is 18.2 Å². The van der Waals surface area contributed by atoms with Crippen LogP contribution in [-0.2, 0) is 16.1 Å². The molecule has 0 unspecified atom stereocenters. The van der Waals surface area contributed by atoms with Crippen LogP contribution in [0.5, 0.6) is 0 Å². The van der Waals surface area contributed by atoms with Crippen molar-refractivity contribution in [3.8, 4) is 0 Å². The highest BCUT2D eigenvalue weighted by Gasteiger charge is 2.20. The molecule has 0 aliphatic carbocycles. The highest BCUT2D eigenvalue weighted by molar-refractivity contribution is 7.20. The Kier molecular flexibility index (Phi) is 6.17. The van der Waals surface area contributed by atoms with Crippen molar-refractivity contribution in [3.05, 3.63) is 57.5 Å². The Morgan fingerprint density at radius 1 is 1.25 bits per heavy atom. The van der Waals surface area contributed by atoms with Gasteiger partial charge in [-0.3, -0.25) is 19.0 Å². The van der Waals surface area contributed by atoms with Crippen LogP contribution in [0.3, 0.4) is 0 Å². The van der Waals surface area contributed by atoms with Crippen molar-refractivity contribution in [1.82, 2.24) is 14.9 Å². The number of aryl methyl sites for hydroxylation is 1. The fourth-order valence-corrected chi connectivity index (χ4v) is 3.74. The molecule has 0 atom stereocenters. The summed E-state index contributed by atoms with van der Waals surface area (Å²) in [6, 6.07) is 9.08. The maximum atomic E-state index is 12.8. The van der Waals surface area contributed by atoms with Gasteiger partial charge in [-0.15, -0.1) is 11.3 Å². The fraction of sp³-hybridized carbons (Fsp3) is 0.263. The molecule has 2 aromatic heterocycles. The fourth-order valence-electron chi connectivity index (χ4n) is 2.70. The van der Waals surface area contributed by atoms with E-state index in [9.17, 15) is 14.4 Å². The van der Waals surface area contributed by atoms with Crippen LogP contribution >= 0.6 is 11.3 Å². The summed E-state index contributed by atoms with van der Waals surface area (Å²) in [6.07, 6.45) is 1.33. The first-order valence-corrected chi connectivity index (χ1v) is 9.43. The lowest BCUT2D eigenvalue weighted by molar-refractivity contribution is -0.121. The molecule has 0 aliphatic heterocycles. The van der Waals surface area contributed by atoms with E-state index in [-0.39, 0.29) is 23.9 Å². The molecule has 2 amide bonds. The number of amides is 2. The van der Waals surface area contributed by atoms with Gasteiger partial charge in [-0.1, -0.05) is 18.2 Å². The third-order valence-corrected chi connectivity index (χ3v) is 5.30. The summed E-state index contributed by atoms with van der Waals surface area (Å²) in [5, 5.41) is 5.83. The quantitative estimate of drug-likeness (QED) is 0.589. The highest BCUT2D eigenvalue weighted by atomic mass is 32.1. The molecule has 9 heteroatoms. The Balaban J connectivity index is 1.85. The van der Waals surface area contributed by atoms with Gasteiger partial charge in [0.2, 0.25) is 5.91 Å². The van der Waals surface area contributed by atoms with E-state index in [1.54, 1.807) is 26.2 Å². The van der Waals surface area contributed by atoms with Gasteiger partial charge >= 0.3 is 0 Å². The van der Waals surface area contributed by atoms with E-state index in [4.69, 9.17) is 4.74 Å². The van der Waals surface area contributed by atoms with Gasteiger partial charge in [0.15, 0.2) is 0 Å². The zero-order chi connectivity index (χ0) is 20.1. The number of carbonyl (C=O) groups is 2. The van der Waals surface area contributed by atoms with Crippen LogP contribution in [0.2, 0.25) is 0 Å². The normalized spacial score (nSPS) is 10.8. The minimum atomic E-state index is -0.348. The summed E-state index contributed by atoms with van der Waals surface area (Å²) in [7, 11) is 1.54. The largest absolute Gasteiger partial charge is 0.383 e. The monoisotopic (exact) mass is 400 g/mol. The third kappa shape index (κ3) is 4.26. The summed E-state index contributed by atoms with van der Waals surface area (Å²) in [4.78, 5) is 42.5. The number of aromatic nitrogens is 2. The SMILES string of the molecule is COCCNC(=O)Cn1cnc2sc(C(=O)Nc3ccccc3)c(C)c2c1=O. The zero-order valence-electron chi connectivity index (χ0n) is 15.5. The molecule has 2 N–H and O–H groups in total. The van der Waals surface area contributed by atoms with E-state index in [1.165, 1.54) is 10.9 Å². The first-order chi connectivity index (χ1) is 13.5. The Morgan fingerprint density at radius 2 is 2.00 bits per heavy atom. The van der Waals surface area contributed by atoms with Gasteiger partial charge in [0, 0.05) is 19.3 Å². The van der Waals surface area contributed by atoms with Gasteiger partial charge in [0.1, 0.15) is 11.4 Å². The lowest BCUT2D eigenvalue weighted by Crippen LogP contribution is -2.34. The number of ether oxygens (including phenoxy) is 1. The number of rotatable bonds is 7. The average molecular weight is 400 g/mol. The Morgan fingerprint density at radius 3 is 2.71 bits per heavy atom. The van der Waals surface area contributed by atoms with E-state index < -0.39 is 0 Å². The minimum absolute atomic E-state index is 0.147. The molecule has 0 radical (unpaired) electrons. The maximum absolute atomic E-state index is 12.8. The number of hydrogen-bond acceptors (Lipinski definition) is 6. The number of thiophene rings is 1. The second-order valence-corrected chi connectivity index (χ2v) is 7.08. The molecule has 0 aliphatic rings. The summed E-state index contributed by atoms with van der Waals surface area (Å²) in [5.41, 5.74) is 0.877. The molecule has 0 bridgehead atoms. The van der Waals surface area contributed by atoms with Crippen molar-refractivity contribution >= 4 is 39.1 Å². The number of nitrogens with one attached hydrogen (secondary N) is 2. The van der Waals surface area contributed by atoms with Crippen LogP contribution in [0, 0.1) is 6.92 Å². The Hall–Kier alpha value is -3.04. The lowest BCUT2D eigenvalue weighted by atomic mass is 10.2. The topological polar surface area (TPSA) is 102 Å². The minimum Gasteiger partial charge on any atom is -0.383 e. The summed E-state index contributed by atoms with van der Waals surface area (Å²) < 4.78 is 6.11.